The lowest BCUT2D eigenvalue weighted by molar-refractivity contribution is -0.128. The van der Waals surface area contributed by atoms with E-state index < -0.39 is 11.7 Å². The molecule has 6 nitrogen and oxygen atoms in total. The van der Waals surface area contributed by atoms with Crippen LogP contribution in [0, 0.1) is 11.7 Å². The Balaban J connectivity index is 1.38. The van der Waals surface area contributed by atoms with Crippen LogP contribution in [0.25, 0.3) is 10.9 Å². The first-order valence-electron chi connectivity index (χ1n) is 9.62. The van der Waals surface area contributed by atoms with E-state index in [-0.39, 0.29) is 23.3 Å². The molecule has 2 aromatic carbocycles. The molecular formula is C22H21ClFN3O3. The van der Waals surface area contributed by atoms with Gasteiger partial charge in [0.2, 0.25) is 11.8 Å². The molecule has 1 aromatic heterocycles. The number of hydrogen-bond acceptors (Lipinski definition) is 3. The summed E-state index contributed by atoms with van der Waals surface area (Å²) in [5.41, 5.74) is 2.50. The molecule has 2 heterocycles. The summed E-state index contributed by atoms with van der Waals surface area (Å²) in [6, 6.07) is 9.82. The van der Waals surface area contributed by atoms with Crippen LogP contribution in [-0.4, -0.2) is 41.9 Å². The second-order valence-corrected chi connectivity index (χ2v) is 7.74. The van der Waals surface area contributed by atoms with Crippen molar-refractivity contribution in [2.45, 2.75) is 12.8 Å². The maximum Gasteiger partial charge on any atom is 0.229 e. The topological polar surface area (TPSA) is 74.4 Å². The first-order chi connectivity index (χ1) is 14.4. The summed E-state index contributed by atoms with van der Waals surface area (Å²) in [5.74, 6) is -0.551. The first-order valence-corrected chi connectivity index (χ1v) is 10.00. The largest absolute Gasteiger partial charge is 0.497 e. The van der Waals surface area contributed by atoms with Gasteiger partial charge < -0.3 is 19.9 Å². The lowest BCUT2D eigenvalue weighted by Gasteiger charge is -2.16. The molecule has 8 heteroatoms. The fourth-order valence-electron chi connectivity index (χ4n) is 3.73. The molecule has 30 heavy (non-hydrogen) atoms. The molecule has 156 valence electrons. The summed E-state index contributed by atoms with van der Waals surface area (Å²) >= 11 is 5.75. The second kappa shape index (κ2) is 8.36. The van der Waals surface area contributed by atoms with Crippen LogP contribution < -0.4 is 10.1 Å². The Morgan fingerprint density at radius 1 is 1.33 bits per heavy atom. The Kier molecular flexibility index (Phi) is 5.63. The van der Waals surface area contributed by atoms with E-state index in [0.29, 0.717) is 25.2 Å². The van der Waals surface area contributed by atoms with E-state index in [0.717, 1.165) is 22.2 Å². The molecule has 0 spiro atoms. The number of carbonyl (C=O) groups excluding carboxylic acids is 2. The predicted molar refractivity (Wildman–Crippen MR) is 113 cm³/mol. The van der Waals surface area contributed by atoms with Crippen LogP contribution in [0.3, 0.4) is 0 Å². The summed E-state index contributed by atoms with van der Waals surface area (Å²) in [7, 11) is 1.63. The number of aromatic amines is 1. The number of fused-ring (bicyclic) bond motifs is 1. The molecule has 0 aliphatic carbocycles. The highest BCUT2D eigenvalue weighted by Gasteiger charge is 2.34. The Bertz CT molecular complexity index is 1110. The summed E-state index contributed by atoms with van der Waals surface area (Å²) < 4.78 is 18.6. The fraction of sp³-hybridized carbons (Fsp3) is 0.273. The lowest BCUT2D eigenvalue weighted by atomic mass is 10.1. The van der Waals surface area contributed by atoms with Gasteiger partial charge in [-0.15, -0.1) is 0 Å². The SMILES string of the molecule is COc1ccc2[nH]cc(CCN3C[C@H](C(=O)Nc4ccc(F)c(Cl)c4)CC3=O)c2c1. The Labute approximate surface area is 178 Å². The van der Waals surface area contributed by atoms with E-state index in [1.165, 1.54) is 18.2 Å². The number of methoxy groups -OCH3 is 1. The van der Waals surface area contributed by atoms with Crippen LogP contribution in [0.15, 0.2) is 42.6 Å². The van der Waals surface area contributed by atoms with Crippen LogP contribution >= 0.6 is 11.6 Å². The second-order valence-electron chi connectivity index (χ2n) is 7.33. The summed E-state index contributed by atoms with van der Waals surface area (Å²) in [6.07, 6.45) is 2.76. The van der Waals surface area contributed by atoms with Crippen LogP contribution in [-0.2, 0) is 16.0 Å². The van der Waals surface area contributed by atoms with Crippen molar-refractivity contribution >= 4 is 40.0 Å². The van der Waals surface area contributed by atoms with Gasteiger partial charge in [-0.3, -0.25) is 9.59 Å². The molecule has 1 saturated heterocycles. The molecule has 0 unspecified atom stereocenters. The quantitative estimate of drug-likeness (QED) is 0.622. The zero-order valence-electron chi connectivity index (χ0n) is 16.4. The van der Waals surface area contributed by atoms with E-state index in [9.17, 15) is 14.0 Å². The van der Waals surface area contributed by atoms with Gasteiger partial charge in [-0.2, -0.15) is 0 Å². The minimum absolute atomic E-state index is 0.0512. The van der Waals surface area contributed by atoms with Gasteiger partial charge in [-0.1, -0.05) is 11.6 Å². The van der Waals surface area contributed by atoms with Crippen LogP contribution in [0.5, 0.6) is 5.75 Å². The third-order valence-corrected chi connectivity index (χ3v) is 5.69. The molecular weight excluding hydrogens is 409 g/mol. The number of nitrogens with one attached hydrogen (secondary N) is 2. The minimum atomic E-state index is -0.549. The number of H-pyrrole nitrogens is 1. The number of benzene rings is 2. The number of ether oxygens (including phenoxy) is 1. The summed E-state index contributed by atoms with van der Waals surface area (Å²) in [5, 5.41) is 3.71. The number of aromatic nitrogens is 1. The van der Waals surface area contributed by atoms with Crippen LogP contribution in [0.1, 0.15) is 12.0 Å². The van der Waals surface area contributed by atoms with Crippen molar-refractivity contribution in [1.29, 1.82) is 0 Å². The Morgan fingerprint density at radius 2 is 2.17 bits per heavy atom. The molecule has 0 saturated carbocycles. The lowest BCUT2D eigenvalue weighted by Crippen LogP contribution is -2.30. The van der Waals surface area contributed by atoms with E-state index in [1.807, 2.05) is 24.4 Å². The normalized spacial score (nSPS) is 16.3. The molecule has 1 atom stereocenters. The van der Waals surface area contributed by atoms with E-state index >= 15 is 0 Å². The zero-order chi connectivity index (χ0) is 21.3. The number of carbonyl (C=O) groups is 2. The molecule has 4 rings (SSSR count). The summed E-state index contributed by atoms with van der Waals surface area (Å²) in [4.78, 5) is 29.9. The molecule has 0 bridgehead atoms. The molecule has 2 N–H and O–H groups in total. The van der Waals surface area contributed by atoms with Gasteiger partial charge in [0.05, 0.1) is 18.1 Å². The van der Waals surface area contributed by atoms with Gasteiger partial charge >= 0.3 is 0 Å². The van der Waals surface area contributed by atoms with Crippen molar-refractivity contribution in [2.24, 2.45) is 5.92 Å². The van der Waals surface area contributed by atoms with Crippen molar-refractivity contribution in [2.75, 3.05) is 25.5 Å². The number of nitrogens with zero attached hydrogens (tertiary/aromatic N) is 1. The van der Waals surface area contributed by atoms with Crippen molar-refractivity contribution in [3.63, 3.8) is 0 Å². The van der Waals surface area contributed by atoms with E-state index in [4.69, 9.17) is 16.3 Å². The number of anilines is 1. The van der Waals surface area contributed by atoms with Crippen molar-refractivity contribution in [3.05, 3.63) is 59.0 Å². The third-order valence-electron chi connectivity index (χ3n) is 5.40. The van der Waals surface area contributed by atoms with Gasteiger partial charge in [0.1, 0.15) is 11.6 Å². The smallest absolute Gasteiger partial charge is 0.229 e. The van der Waals surface area contributed by atoms with Crippen LogP contribution in [0.2, 0.25) is 5.02 Å². The number of amides is 2. The van der Waals surface area contributed by atoms with Crippen molar-refractivity contribution in [1.82, 2.24) is 9.88 Å². The standard InChI is InChI=1S/C22H21ClFN3O3/c1-30-16-3-5-20-17(10-16)13(11-25-20)6-7-27-12-14(8-21(27)28)22(29)26-15-2-4-19(24)18(23)9-15/h2-5,9-11,14,25H,6-8,12H2,1H3,(H,26,29)/t14-/m1/s1. The van der Waals surface area contributed by atoms with Gasteiger partial charge in [-0.25, -0.2) is 4.39 Å². The fourth-order valence-corrected chi connectivity index (χ4v) is 3.91. The van der Waals surface area contributed by atoms with Crippen molar-refractivity contribution < 1.29 is 18.7 Å². The highest BCUT2D eigenvalue weighted by atomic mass is 35.5. The van der Waals surface area contributed by atoms with Gasteiger partial charge in [-0.05, 0) is 48.4 Å². The monoisotopic (exact) mass is 429 g/mol. The van der Waals surface area contributed by atoms with Gasteiger partial charge in [0.25, 0.3) is 0 Å². The summed E-state index contributed by atoms with van der Waals surface area (Å²) in [6.45, 7) is 0.875. The van der Waals surface area contributed by atoms with Crippen molar-refractivity contribution in [3.8, 4) is 5.75 Å². The number of rotatable bonds is 6. The maximum absolute atomic E-state index is 13.3. The minimum Gasteiger partial charge on any atom is -0.497 e. The van der Waals surface area contributed by atoms with E-state index in [2.05, 4.69) is 10.3 Å². The molecule has 1 aliphatic rings. The Morgan fingerprint density at radius 3 is 2.93 bits per heavy atom. The number of halogens is 2. The third kappa shape index (κ3) is 4.11. The zero-order valence-corrected chi connectivity index (χ0v) is 17.1. The molecule has 3 aromatic rings. The van der Waals surface area contributed by atoms with Gasteiger partial charge in [0.15, 0.2) is 0 Å². The highest BCUT2D eigenvalue weighted by Crippen LogP contribution is 2.26. The molecule has 1 fully saturated rings. The average Bonchev–Trinajstić information content (AvgIpc) is 3.31. The average molecular weight is 430 g/mol. The first kappa shape index (κ1) is 20.2. The maximum atomic E-state index is 13.3. The van der Waals surface area contributed by atoms with E-state index in [1.54, 1.807) is 12.0 Å². The van der Waals surface area contributed by atoms with Crippen LogP contribution in [0.4, 0.5) is 10.1 Å². The number of likely N-dealkylation sites (tertiary alicyclic amines) is 1. The predicted octanol–water partition coefficient (Wildman–Crippen LogP) is 4.00. The Hall–Kier alpha value is -3.06. The number of hydrogen-bond donors (Lipinski definition) is 2. The molecule has 0 radical (unpaired) electrons. The van der Waals surface area contributed by atoms with Gasteiger partial charge in [0, 0.05) is 42.3 Å². The molecule has 2 amide bonds. The molecule has 1 aliphatic heterocycles. The highest BCUT2D eigenvalue weighted by molar-refractivity contribution is 6.31.